The lowest BCUT2D eigenvalue weighted by molar-refractivity contribution is 0.0607. The molecule has 0 bridgehead atoms. The first-order valence-corrected chi connectivity index (χ1v) is 14.7. The van der Waals surface area contributed by atoms with Gasteiger partial charge in [0.15, 0.2) is 5.65 Å². The highest BCUT2D eigenvalue weighted by Crippen LogP contribution is 2.34. The Hall–Kier alpha value is -2.89. The number of hydrogen-bond acceptors (Lipinski definition) is 7. The summed E-state index contributed by atoms with van der Waals surface area (Å²) in [7, 11) is -3.59. The predicted molar refractivity (Wildman–Crippen MR) is 143 cm³/mol. The Morgan fingerprint density at radius 2 is 2.03 bits per heavy atom. The summed E-state index contributed by atoms with van der Waals surface area (Å²) < 4.78 is 28.0. The van der Waals surface area contributed by atoms with Crippen molar-refractivity contribution < 1.29 is 18.3 Å². The highest BCUT2D eigenvalue weighted by molar-refractivity contribution is 7.92. The summed E-state index contributed by atoms with van der Waals surface area (Å²) in [5, 5.41) is 14.7. The van der Waals surface area contributed by atoms with Crippen LogP contribution in [0, 0.1) is 12.8 Å². The van der Waals surface area contributed by atoms with Crippen LogP contribution in [-0.4, -0.2) is 71.4 Å². The zero-order chi connectivity index (χ0) is 26.3. The van der Waals surface area contributed by atoms with Crippen LogP contribution in [0.5, 0.6) is 0 Å². The Bertz CT molecular complexity index is 1440. The molecule has 5 rings (SSSR count). The third kappa shape index (κ3) is 5.39. The molecule has 2 aliphatic rings. The number of nitrogens with one attached hydrogen (secondary N) is 1. The number of hydrogen-bond donors (Lipinski definition) is 2. The van der Waals surface area contributed by atoms with E-state index in [0.29, 0.717) is 17.2 Å². The number of fused-ring (bicyclic) bond motifs is 1. The van der Waals surface area contributed by atoms with Crippen LogP contribution in [0.25, 0.3) is 5.65 Å². The standard InChI is InChI=1S/C25H31ClN6O4S/c1-16-13-32-23(27-24(16)30-10-8-17(14-30)15-33)12-21(28-32)22-5-3-4-9-31(22)25(34)19-11-18(26)6-7-20(19)29-37(2,35)36/h6-7,11-13,17,22,29,33H,3-5,8-10,14-15H2,1-2H3/t17-,22+/m1/s1. The predicted octanol–water partition coefficient (Wildman–Crippen LogP) is 3.25. The van der Waals surface area contributed by atoms with Crippen molar-refractivity contribution in [2.75, 3.05) is 42.1 Å². The van der Waals surface area contributed by atoms with Gasteiger partial charge in [-0.25, -0.2) is 17.9 Å². The lowest BCUT2D eigenvalue weighted by atomic mass is 9.98. The van der Waals surface area contributed by atoms with E-state index in [-0.39, 0.29) is 35.7 Å². The molecule has 2 atom stereocenters. The maximum absolute atomic E-state index is 13.8. The monoisotopic (exact) mass is 546 g/mol. The molecule has 0 saturated carbocycles. The van der Waals surface area contributed by atoms with Crippen LogP contribution >= 0.6 is 11.6 Å². The molecule has 12 heteroatoms. The lowest BCUT2D eigenvalue weighted by Gasteiger charge is -2.35. The molecule has 2 saturated heterocycles. The summed E-state index contributed by atoms with van der Waals surface area (Å²) in [6.45, 7) is 4.33. The first kappa shape index (κ1) is 25.7. The Kier molecular flexibility index (Phi) is 7.03. The fourth-order valence-electron chi connectivity index (χ4n) is 5.30. The SMILES string of the molecule is Cc1cn2nc([C@@H]3CCCCN3C(=O)c3cc(Cl)ccc3NS(C)(=O)=O)cc2nc1N1CC[C@@H](CO)C1. The number of sulfonamides is 1. The number of aliphatic hydroxyl groups excluding tert-OH is 1. The minimum absolute atomic E-state index is 0.175. The number of rotatable bonds is 6. The van der Waals surface area contributed by atoms with Gasteiger partial charge in [-0.2, -0.15) is 5.10 Å². The number of aliphatic hydroxyl groups is 1. The Morgan fingerprint density at radius 3 is 2.76 bits per heavy atom. The quantitative estimate of drug-likeness (QED) is 0.487. The Balaban J connectivity index is 1.47. The number of piperidine rings is 1. The molecule has 0 radical (unpaired) electrons. The van der Waals surface area contributed by atoms with E-state index in [1.807, 2.05) is 19.2 Å². The number of carbonyl (C=O) groups excluding carboxylic acids is 1. The fourth-order valence-corrected chi connectivity index (χ4v) is 6.04. The van der Waals surface area contributed by atoms with Crippen molar-refractivity contribution >= 4 is 44.7 Å². The van der Waals surface area contributed by atoms with Gasteiger partial charge in [0.1, 0.15) is 5.82 Å². The molecule has 2 aliphatic heterocycles. The molecule has 10 nitrogen and oxygen atoms in total. The molecule has 0 unspecified atom stereocenters. The molecule has 3 aromatic rings. The average molecular weight is 547 g/mol. The number of amides is 1. The third-order valence-corrected chi connectivity index (χ3v) is 7.91. The smallest absolute Gasteiger partial charge is 0.256 e. The van der Waals surface area contributed by atoms with Crippen molar-refractivity contribution in [3.8, 4) is 0 Å². The molecule has 0 aliphatic carbocycles. The van der Waals surface area contributed by atoms with Gasteiger partial charge in [0.2, 0.25) is 10.0 Å². The molecule has 2 aromatic heterocycles. The zero-order valence-corrected chi connectivity index (χ0v) is 22.5. The van der Waals surface area contributed by atoms with Gasteiger partial charge in [0, 0.05) is 55.0 Å². The van der Waals surface area contributed by atoms with E-state index < -0.39 is 10.0 Å². The number of carbonyl (C=O) groups is 1. The topological polar surface area (TPSA) is 120 Å². The normalized spacial score (nSPS) is 20.5. The summed E-state index contributed by atoms with van der Waals surface area (Å²) in [4.78, 5) is 22.6. The molecule has 198 valence electrons. The van der Waals surface area contributed by atoms with Crippen molar-refractivity contribution in [2.45, 2.75) is 38.6 Å². The van der Waals surface area contributed by atoms with Gasteiger partial charge >= 0.3 is 0 Å². The molecule has 4 heterocycles. The highest BCUT2D eigenvalue weighted by atomic mass is 35.5. The van der Waals surface area contributed by atoms with E-state index in [1.165, 1.54) is 12.1 Å². The number of anilines is 2. The second-order valence-electron chi connectivity index (χ2n) is 9.98. The number of aromatic nitrogens is 3. The van der Waals surface area contributed by atoms with Gasteiger partial charge in [-0.15, -0.1) is 0 Å². The van der Waals surface area contributed by atoms with Gasteiger partial charge in [-0.3, -0.25) is 9.52 Å². The Labute approximate surface area is 221 Å². The summed E-state index contributed by atoms with van der Waals surface area (Å²) in [6.07, 6.45) is 6.46. The van der Waals surface area contributed by atoms with Crippen LogP contribution in [0.3, 0.4) is 0 Å². The van der Waals surface area contributed by atoms with Crippen molar-refractivity contribution in [1.82, 2.24) is 19.5 Å². The summed E-state index contributed by atoms with van der Waals surface area (Å²) in [5.41, 5.74) is 2.84. The van der Waals surface area contributed by atoms with Gasteiger partial charge in [-0.05, 0) is 50.8 Å². The number of aryl methyl sites for hydroxylation is 1. The van der Waals surface area contributed by atoms with Crippen molar-refractivity contribution in [3.63, 3.8) is 0 Å². The van der Waals surface area contributed by atoms with E-state index >= 15 is 0 Å². The van der Waals surface area contributed by atoms with Crippen LogP contribution in [-0.2, 0) is 10.0 Å². The number of likely N-dealkylation sites (tertiary alicyclic amines) is 1. The number of benzene rings is 1. The van der Waals surface area contributed by atoms with Crippen LogP contribution in [0.2, 0.25) is 5.02 Å². The second-order valence-corrected chi connectivity index (χ2v) is 12.2. The zero-order valence-electron chi connectivity index (χ0n) is 20.9. The molecule has 1 aromatic carbocycles. The van der Waals surface area contributed by atoms with Gasteiger partial charge in [0.25, 0.3) is 5.91 Å². The van der Waals surface area contributed by atoms with Crippen molar-refractivity contribution in [1.29, 1.82) is 0 Å². The lowest BCUT2D eigenvalue weighted by Crippen LogP contribution is -2.39. The molecular weight excluding hydrogens is 516 g/mol. The van der Waals surface area contributed by atoms with E-state index in [9.17, 15) is 18.3 Å². The summed E-state index contributed by atoms with van der Waals surface area (Å²) >= 11 is 6.19. The van der Waals surface area contributed by atoms with Crippen LogP contribution < -0.4 is 9.62 Å². The van der Waals surface area contributed by atoms with Gasteiger partial charge < -0.3 is 14.9 Å². The van der Waals surface area contributed by atoms with E-state index in [4.69, 9.17) is 21.7 Å². The first-order chi connectivity index (χ1) is 17.6. The third-order valence-electron chi connectivity index (χ3n) is 7.08. The van der Waals surface area contributed by atoms with Gasteiger partial charge in [-0.1, -0.05) is 11.6 Å². The molecule has 1 amide bonds. The molecule has 0 spiro atoms. The number of nitrogens with zero attached hydrogens (tertiary/aromatic N) is 5. The van der Waals surface area contributed by atoms with Crippen LogP contribution in [0.4, 0.5) is 11.5 Å². The first-order valence-electron chi connectivity index (χ1n) is 12.4. The maximum Gasteiger partial charge on any atom is 0.256 e. The van der Waals surface area contributed by atoms with Crippen LogP contribution in [0.15, 0.2) is 30.5 Å². The van der Waals surface area contributed by atoms with Gasteiger partial charge in [0.05, 0.1) is 29.2 Å². The average Bonchev–Trinajstić information content (AvgIpc) is 3.50. The summed E-state index contributed by atoms with van der Waals surface area (Å²) in [6, 6.07) is 6.21. The van der Waals surface area contributed by atoms with E-state index in [2.05, 4.69) is 9.62 Å². The minimum Gasteiger partial charge on any atom is -0.396 e. The van der Waals surface area contributed by atoms with E-state index in [0.717, 1.165) is 62.1 Å². The number of halogens is 1. The van der Waals surface area contributed by atoms with Crippen LogP contribution in [0.1, 0.15) is 53.3 Å². The molecule has 2 fully saturated rings. The molecule has 37 heavy (non-hydrogen) atoms. The minimum atomic E-state index is -3.59. The molecular formula is C25H31ClN6O4S. The van der Waals surface area contributed by atoms with Crippen molar-refractivity contribution in [2.24, 2.45) is 5.92 Å². The maximum atomic E-state index is 13.8. The Morgan fingerprint density at radius 1 is 1.22 bits per heavy atom. The second kappa shape index (κ2) is 10.1. The van der Waals surface area contributed by atoms with E-state index in [1.54, 1.807) is 15.5 Å². The summed E-state index contributed by atoms with van der Waals surface area (Å²) in [5.74, 6) is 0.850. The van der Waals surface area contributed by atoms with Crippen molar-refractivity contribution in [3.05, 3.63) is 52.3 Å². The highest BCUT2D eigenvalue weighted by Gasteiger charge is 2.32. The molecule has 2 N–H and O–H groups in total. The largest absolute Gasteiger partial charge is 0.396 e. The fraction of sp³-hybridized carbons (Fsp3) is 0.480.